The molecular weight excluding hydrogens is 653 g/mol. The summed E-state index contributed by atoms with van der Waals surface area (Å²) >= 11 is 1.33. The van der Waals surface area contributed by atoms with Crippen molar-refractivity contribution >= 4 is 45.1 Å². The predicted molar refractivity (Wildman–Crippen MR) is 190 cm³/mol. The van der Waals surface area contributed by atoms with Crippen molar-refractivity contribution in [1.29, 1.82) is 0 Å². The Morgan fingerprint density at radius 3 is 2.29 bits per heavy atom. The largest absolute Gasteiger partial charge is 0.508 e. The van der Waals surface area contributed by atoms with E-state index < -0.39 is 46.1 Å². The molecule has 262 valence electrons. The topological polar surface area (TPSA) is 154 Å². The second-order valence-corrected chi connectivity index (χ2v) is 14.6. The average Bonchev–Trinajstić information content (AvgIpc) is 3.15. The third kappa shape index (κ3) is 9.64. The van der Waals surface area contributed by atoms with Crippen LogP contribution in [0.3, 0.4) is 0 Å². The van der Waals surface area contributed by atoms with Gasteiger partial charge >= 0.3 is 0 Å². The number of carbonyl (C=O) groups is 3. The Kier molecular flexibility index (Phi) is 13.7. The first-order chi connectivity index (χ1) is 22.7. The molecule has 2 atom stereocenters. The van der Waals surface area contributed by atoms with E-state index in [4.69, 9.17) is 4.74 Å². The molecule has 2 unspecified atom stereocenters. The van der Waals surface area contributed by atoms with Crippen molar-refractivity contribution < 1.29 is 32.6 Å². The van der Waals surface area contributed by atoms with Gasteiger partial charge in [-0.3, -0.25) is 14.4 Å². The van der Waals surface area contributed by atoms with E-state index in [-0.39, 0.29) is 22.2 Å². The molecule has 1 aliphatic heterocycles. The summed E-state index contributed by atoms with van der Waals surface area (Å²) in [6.45, 7) is 14.9. The number of phenols is 1. The smallest absolute Gasteiger partial charge is 0.258 e. The van der Waals surface area contributed by atoms with Crippen LogP contribution in [0.1, 0.15) is 77.8 Å². The van der Waals surface area contributed by atoms with Crippen LogP contribution >= 0.6 is 11.8 Å². The van der Waals surface area contributed by atoms with Crippen molar-refractivity contribution in [2.45, 2.75) is 93.6 Å². The summed E-state index contributed by atoms with van der Waals surface area (Å²) in [5.74, 6) is -1.40. The van der Waals surface area contributed by atoms with E-state index in [0.717, 1.165) is 25.7 Å². The summed E-state index contributed by atoms with van der Waals surface area (Å²) < 4.78 is 37.2. The van der Waals surface area contributed by atoms with Crippen LogP contribution in [0.5, 0.6) is 11.5 Å². The molecule has 0 saturated heterocycles. The zero-order valence-electron chi connectivity index (χ0n) is 28.4. The van der Waals surface area contributed by atoms with Gasteiger partial charge in [0.25, 0.3) is 5.91 Å². The van der Waals surface area contributed by atoms with Crippen molar-refractivity contribution in [2.75, 3.05) is 24.3 Å². The molecular formula is C35H48N4O7S2. The summed E-state index contributed by atoms with van der Waals surface area (Å²) in [4.78, 5) is 40.6. The molecule has 2 aromatic carbocycles. The van der Waals surface area contributed by atoms with E-state index in [1.807, 2.05) is 11.2 Å². The predicted octanol–water partition coefficient (Wildman–Crippen LogP) is 5.36. The van der Waals surface area contributed by atoms with Gasteiger partial charge in [-0.1, -0.05) is 64.8 Å². The van der Waals surface area contributed by atoms with Gasteiger partial charge in [0, 0.05) is 18.3 Å². The number of nitrogens with zero attached hydrogens (tertiary/aromatic N) is 1. The Labute approximate surface area is 288 Å². The first-order valence-corrected chi connectivity index (χ1v) is 18.8. The van der Waals surface area contributed by atoms with Crippen LogP contribution in [-0.4, -0.2) is 62.1 Å². The number of ketones is 1. The molecule has 0 spiro atoms. The van der Waals surface area contributed by atoms with Crippen molar-refractivity contribution in [3.05, 3.63) is 66.9 Å². The molecule has 0 saturated carbocycles. The van der Waals surface area contributed by atoms with Crippen LogP contribution in [0.15, 0.2) is 71.1 Å². The number of ether oxygens (including phenoxy) is 1. The number of phenolic OH excluding ortho intramolecular Hbond substituents is 1. The lowest BCUT2D eigenvalue weighted by Crippen LogP contribution is -2.53. The van der Waals surface area contributed by atoms with Gasteiger partial charge in [0.05, 0.1) is 22.2 Å². The first kappa shape index (κ1) is 38.6. The lowest BCUT2D eigenvalue weighted by molar-refractivity contribution is -0.131. The van der Waals surface area contributed by atoms with Gasteiger partial charge in [-0.2, -0.15) is 0 Å². The molecule has 3 rings (SSSR count). The van der Waals surface area contributed by atoms with Gasteiger partial charge in [-0.15, -0.1) is 11.8 Å². The fourth-order valence-corrected chi connectivity index (χ4v) is 7.69. The van der Waals surface area contributed by atoms with Gasteiger partial charge in [0.15, 0.2) is 12.4 Å². The highest BCUT2D eigenvalue weighted by Crippen LogP contribution is 2.42. The summed E-state index contributed by atoms with van der Waals surface area (Å²) in [6, 6.07) is 6.90. The number of benzene rings is 2. The van der Waals surface area contributed by atoms with E-state index in [1.54, 1.807) is 12.1 Å². The van der Waals surface area contributed by atoms with Gasteiger partial charge < -0.3 is 25.4 Å². The van der Waals surface area contributed by atoms with E-state index in [2.05, 4.69) is 42.4 Å². The summed E-state index contributed by atoms with van der Waals surface area (Å²) in [5.41, 5.74) is 0.635. The van der Waals surface area contributed by atoms with Gasteiger partial charge in [0.2, 0.25) is 15.9 Å². The molecule has 13 heteroatoms. The second kappa shape index (κ2) is 17.0. The minimum atomic E-state index is -4.05. The highest BCUT2D eigenvalue weighted by atomic mass is 32.2. The minimum Gasteiger partial charge on any atom is -0.508 e. The zero-order valence-corrected chi connectivity index (χ0v) is 30.1. The molecule has 1 heterocycles. The third-order valence-electron chi connectivity index (χ3n) is 8.36. The number of hydrogen-bond acceptors (Lipinski definition) is 9. The Hall–Kier alpha value is -3.81. The number of carbonyl (C=O) groups excluding carboxylic acids is 3. The Morgan fingerprint density at radius 2 is 1.75 bits per heavy atom. The maximum atomic E-state index is 14.1. The van der Waals surface area contributed by atoms with Crippen LogP contribution in [0, 0.1) is 0 Å². The van der Waals surface area contributed by atoms with Crippen molar-refractivity contribution in [1.82, 2.24) is 15.4 Å². The molecule has 0 aromatic heterocycles. The molecule has 4 N–H and O–H groups in total. The second-order valence-electron chi connectivity index (χ2n) is 12.1. The number of allylic oxidation sites excluding steroid dienone is 1. The molecule has 0 fully saturated rings. The zero-order chi connectivity index (χ0) is 35.6. The van der Waals surface area contributed by atoms with Crippen LogP contribution in [-0.2, 0) is 24.4 Å². The number of anilines is 1. The number of amides is 2. The van der Waals surface area contributed by atoms with Gasteiger partial charge in [-0.05, 0) is 62.8 Å². The van der Waals surface area contributed by atoms with E-state index in [9.17, 15) is 27.9 Å². The number of aromatic hydroxyl groups is 1. The minimum absolute atomic E-state index is 0.00634. The lowest BCUT2D eigenvalue weighted by Gasteiger charge is -2.37. The number of rotatable bonds is 17. The number of nitrogens with one attached hydrogen (secondary N) is 3. The summed E-state index contributed by atoms with van der Waals surface area (Å²) in [5, 5.41) is 14.9. The van der Waals surface area contributed by atoms with Crippen LogP contribution < -0.4 is 25.0 Å². The summed E-state index contributed by atoms with van der Waals surface area (Å²) in [6.07, 6.45) is 8.23. The van der Waals surface area contributed by atoms with Crippen molar-refractivity contribution in [3.8, 4) is 11.5 Å². The normalized spacial score (nSPS) is 16.1. The number of Topliss-reactive ketones (excluding diaryl/α,β-unsaturated/α-hetero) is 1. The molecule has 48 heavy (non-hydrogen) atoms. The molecule has 1 aliphatic rings. The number of unbranched alkanes of at least 4 members (excludes halogenated alkanes) is 2. The van der Waals surface area contributed by atoms with E-state index >= 15 is 0 Å². The van der Waals surface area contributed by atoms with Crippen LogP contribution in [0.25, 0.3) is 0 Å². The fourth-order valence-electron chi connectivity index (χ4n) is 5.48. The maximum absolute atomic E-state index is 14.1. The fraction of sp³-hybridized carbons (Fsp3) is 0.457. The van der Waals surface area contributed by atoms with E-state index in [0.29, 0.717) is 41.2 Å². The number of sulfonamides is 1. The first-order valence-electron chi connectivity index (χ1n) is 16.1. The number of fused-ring (bicyclic) bond motifs is 1. The maximum Gasteiger partial charge on any atom is 0.258 e. The quantitative estimate of drug-likeness (QED) is 0.126. The summed E-state index contributed by atoms with van der Waals surface area (Å²) in [7, 11) is -4.05. The molecule has 2 aromatic rings. The lowest BCUT2D eigenvalue weighted by atomic mass is 9.87. The third-order valence-corrected chi connectivity index (χ3v) is 10.7. The van der Waals surface area contributed by atoms with Crippen LogP contribution in [0.4, 0.5) is 5.69 Å². The number of hydrogen-bond donors (Lipinski definition) is 4. The molecule has 0 aliphatic carbocycles. The molecule has 2 amide bonds. The van der Waals surface area contributed by atoms with Crippen molar-refractivity contribution in [2.24, 2.45) is 0 Å². The number of thioether (sulfide) groups is 1. The molecule has 0 radical (unpaired) electrons. The van der Waals surface area contributed by atoms with Crippen molar-refractivity contribution in [3.63, 3.8) is 0 Å². The molecule has 0 bridgehead atoms. The Balaban J connectivity index is 1.97. The van der Waals surface area contributed by atoms with E-state index in [1.165, 1.54) is 55.9 Å². The Morgan fingerprint density at radius 1 is 1.12 bits per heavy atom. The van der Waals surface area contributed by atoms with Gasteiger partial charge in [0.1, 0.15) is 22.4 Å². The standard InChI is InChI=1S/C35H48N4O7S2/c1-8-11-17-35(18-12-9-2)22-39(23(4)10-3)28-19-30(47-7)29(20-31(28)48(44,45)38-35)46-21-32(42)37-33(26-13-15-27(41)16-14-26)34(43)36-24(5)25(6)40/h10,13-16,19-20,24,33,38,41H,3-4,8-9,11-12,17-18,21-22H2,1-2,5-7H3,(H,36,43)(H,37,42). The monoisotopic (exact) mass is 700 g/mol. The Bertz CT molecular complexity index is 1600. The average molecular weight is 701 g/mol. The molecule has 11 nitrogen and oxygen atoms in total. The van der Waals surface area contributed by atoms with Crippen LogP contribution in [0.2, 0.25) is 0 Å². The van der Waals surface area contributed by atoms with Gasteiger partial charge in [-0.25, -0.2) is 13.1 Å². The highest BCUT2D eigenvalue weighted by molar-refractivity contribution is 7.98. The highest BCUT2D eigenvalue weighted by Gasteiger charge is 2.42. The SMILES string of the molecule is C=CC(=C)N1CC(CCCC)(CCCC)NS(=O)(=O)c2cc(OCC(=O)NC(C(=O)NC(C)C(C)=O)c3ccc(O)cc3)c(SC)cc21.